The van der Waals surface area contributed by atoms with Gasteiger partial charge in [0.25, 0.3) is 15.7 Å². The molecule has 1 aliphatic rings. The number of anilines is 1. The lowest BCUT2D eigenvalue weighted by Gasteiger charge is -2.28. The lowest BCUT2D eigenvalue weighted by atomic mass is 10.0. The SMILES string of the molecule is CC1(C)C(=O)N(c2ccc(S(=O)(=O)C(F)(F)F)cc2)C(=O)N1Cc1ccnc2cc(F)ccc12. The zero-order chi connectivity index (χ0) is 25.1. The number of carbonyl (C=O) groups excluding carboxylic acids is 2. The first kappa shape index (κ1) is 23.6. The summed E-state index contributed by atoms with van der Waals surface area (Å²) in [6.07, 6.45) is 1.45. The van der Waals surface area contributed by atoms with Crippen molar-refractivity contribution in [1.29, 1.82) is 0 Å². The summed E-state index contributed by atoms with van der Waals surface area (Å²) in [7, 11) is -5.57. The highest BCUT2D eigenvalue weighted by Crippen LogP contribution is 2.36. The number of hydrogen-bond acceptors (Lipinski definition) is 5. The Morgan fingerprint density at radius 1 is 1.00 bits per heavy atom. The molecular formula is C22H17F4N3O4S. The maximum absolute atomic E-state index is 13.6. The molecule has 1 aromatic heterocycles. The molecule has 0 unspecified atom stereocenters. The Kier molecular flexibility index (Phi) is 5.39. The molecule has 0 spiro atoms. The molecule has 0 atom stereocenters. The largest absolute Gasteiger partial charge is 0.501 e. The number of halogens is 4. The van der Waals surface area contributed by atoms with E-state index in [-0.39, 0.29) is 12.2 Å². The van der Waals surface area contributed by atoms with Gasteiger partial charge in [-0.1, -0.05) is 0 Å². The van der Waals surface area contributed by atoms with Gasteiger partial charge in [0.2, 0.25) is 0 Å². The van der Waals surface area contributed by atoms with Gasteiger partial charge in [-0.2, -0.15) is 13.2 Å². The van der Waals surface area contributed by atoms with Gasteiger partial charge in [-0.15, -0.1) is 0 Å². The van der Waals surface area contributed by atoms with E-state index >= 15 is 0 Å². The summed E-state index contributed by atoms with van der Waals surface area (Å²) in [5, 5.41) is 0.583. The van der Waals surface area contributed by atoms with Crippen molar-refractivity contribution in [3.63, 3.8) is 0 Å². The normalized spacial score (nSPS) is 16.5. The Morgan fingerprint density at radius 2 is 1.65 bits per heavy atom. The molecule has 0 aliphatic carbocycles. The Balaban J connectivity index is 1.68. The summed E-state index contributed by atoms with van der Waals surface area (Å²) in [6.45, 7) is 3.00. The molecule has 0 N–H and O–H groups in total. The summed E-state index contributed by atoms with van der Waals surface area (Å²) in [4.78, 5) is 31.5. The number of sulfone groups is 1. The number of aromatic nitrogens is 1. The second kappa shape index (κ2) is 7.76. The van der Waals surface area contributed by atoms with E-state index < -0.39 is 43.5 Å². The zero-order valence-electron chi connectivity index (χ0n) is 17.8. The molecule has 0 bridgehead atoms. The molecule has 0 radical (unpaired) electrons. The minimum Gasteiger partial charge on any atom is -0.305 e. The number of urea groups is 1. The molecule has 4 rings (SSSR count). The van der Waals surface area contributed by atoms with Crippen molar-refractivity contribution in [1.82, 2.24) is 9.88 Å². The average molecular weight is 495 g/mol. The van der Waals surface area contributed by atoms with Crippen LogP contribution in [0.25, 0.3) is 10.9 Å². The minimum atomic E-state index is -5.57. The Bertz CT molecular complexity index is 1420. The van der Waals surface area contributed by atoms with E-state index in [1.54, 1.807) is 6.07 Å². The van der Waals surface area contributed by atoms with Crippen molar-refractivity contribution in [3.8, 4) is 0 Å². The summed E-state index contributed by atoms with van der Waals surface area (Å²) in [5.74, 6) is -1.12. The van der Waals surface area contributed by atoms with Crippen molar-refractivity contribution in [2.24, 2.45) is 0 Å². The molecule has 178 valence electrons. The lowest BCUT2D eigenvalue weighted by molar-refractivity contribution is -0.123. The lowest BCUT2D eigenvalue weighted by Crippen LogP contribution is -2.43. The Morgan fingerprint density at radius 3 is 2.26 bits per heavy atom. The van der Waals surface area contributed by atoms with Crippen LogP contribution in [-0.4, -0.2) is 41.3 Å². The molecule has 2 aromatic carbocycles. The van der Waals surface area contributed by atoms with Crippen LogP contribution in [-0.2, 0) is 21.2 Å². The predicted octanol–water partition coefficient (Wildman–Crippen LogP) is 4.41. The van der Waals surface area contributed by atoms with Crippen LogP contribution in [0.3, 0.4) is 0 Å². The van der Waals surface area contributed by atoms with E-state index in [4.69, 9.17) is 0 Å². The van der Waals surface area contributed by atoms with Gasteiger partial charge in [0, 0.05) is 24.2 Å². The number of carbonyl (C=O) groups is 2. The maximum atomic E-state index is 13.6. The third-order valence-electron chi connectivity index (χ3n) is 5.66. The fraction of sp³-hybridized carbons (Fsp3) is 0.227. The fourth-order valence-corrected chi connectivity index (χ4v) is 4.49. The highest BCUT2D eigenvalue weighted by atomic mass is 32.2. The molecule has 3 amide bonds. The van der Waals surface area contributed by atoms with Crippen LogP contribution in [0.4, 0.5) is 28.0 Å². The van der Waals surface area contributed by atoms with E-state index in [1.165, 1.54) is 43.1 Å². The van der Waals surface area contributed by atoms with Gasteiger partial charge in [-0.25, -0.2) is 22.5 Å². The van der Waals surface area contributed by atoms with Crippen molar-refractivity contribution in [2.45, 2.75) is 36.3 Å². The molecule has 34 heavy (non-hydrogen) atoms. The van der Waals surface area contributed by atoms with Crippen molar-refractivity contribution in [3.05, 3.63) is 66.1 Å². The Hall–Kier alpha value is -3.54. The molecule has 1 aliphatic heterocycles. The first-order valence-corrected chi connectivity index (χ1v) is 11.3. The zero-order valence-corrected chi connectivity index (χ0v) is 18.6. The molecule has 12 heteroatoms. The highest BCUT2D eigenvalue weighted by molar-refractivity contribution is 7.92. The smallest absolute Gasteiger partial charge is 0.305 e. The number of amides is 3. The summed E-state index contributed by atoms with van der Waals surface area (Å²) >= 11 is 0. The van der Waals surface area contributed by atoms with Crippen LogP contribution in [0.1, 0.15) is 19.4 Å². The quantitative estimate of drug-likeness (QED) is 0.395. The van der Waals surface area contributed by atoms with E-state index in [9.17, 15) is 35.6 Å². The monoisotopic (exact) mass is 495 g/mol. The molecule has 0 saturated carbocycles. The van der Waals surface area contributed by atoms with Crippen LogP contribution >= 0.6 is 0 Å². The third-order valence-corrected chi connectivity index (χ3v) is 7.16. The fourth-order valence-electron chi connectivity index (χ4n) is 3.73. The second-order valence-electron chi connectivity index (χ2n) is 8.14. The molecule has 1 saturated heterocycles. The first-order chi connectivity index (χ1) is 15.7. The maximum Gasteiger partial charge on any atom is 0.501 e. The first-order valence-electron chi connectivity index (χ1n) is 9.86. The predicted molar refractivity (Wildman–Crippen MR) is 114 cm³/mol. The van der Waals surface area contributed by atoms with Crippen LogP contribution in [0.5, 0.6) is 0 Å². The van der Waals surface area contributed by atoms with Crippen LogP contribution in [0.2, 0.25) is 0 Å². The molecule has 3 aromatic rings. The van der Waals surface area contributed by atoms with E-state index in [2.05, 4.69) is 4.98 Å². The number of pyridine rings is 1. The number of benzene rings is 2. The highest BCUT2D eigenvalue weighted by Gasteiger charge is 2.52. The topological polar surface area (TPSA) is 87.7 Å². The van der Waals surface area contributed by atoms with Gasteiger partial charge < -0.3 is 4.90 Å². The van der Waals surface area contributed by atoms with E-state index in [1.807, 2.05) is 0 Å². The summed E-state index contributed by atoms with van der Waals surface area (Å²) in [5.41, 5.74) is -5.92. The summed E-state index contributed by atoms with van der Waals surface area (Å²) in [6, 6.07) is 8.22. The number of alkyl halides is 3. The molecule has 7 nitrogen and oxygen atoms in total. The van der Waals surface area contributed by atoms with Gasteiger partial charge in [0.05, 0.1) is 16.1 Å². The molecule has 2 heterocycles. The van der Waals surface area contributed by atoms with Crippen LogP contribution in [0, 0.1) is 5.82 Å². The Labute approximate surface area is 191 Å². The molecule has 1 fully saturated rings. The second-order valence-corrected chi connectivity index (χ2v) is 10.1. The standard InChI is InChI=1S/C22H17F4N3O4S/c1-21(2)19(30)29(15-4-6-16(7-5-15)34(32,33)22(24,25)26)20(31)28(21)12-13-9-10-27-18-11-14(23)3-8-17(13)18/h3-11H,12H2,1-2H3. The van der Waals surface area contributed by atoms with E-state index in [0.717, 1.165) is 17.0 Å². The number of imide groups is 1. The number of hydrogen-bond donors (Lipinski definition) is 0. The van der Waals surface area contributed by atoms with Crippen molar-refractivity contribution in [2.75, 3.05) is 4.90 Å². The average Bonchev–Trinajstić information content (AvgIpc) is 2.92. The van der Waals surface area contributed by atoms with Crippen LogP contribution in [0.15, 0.2) is 59.6 Å². The van der Waals surface area contributed by atoms with Gasteiger partial charge >= 0.3 is 11.5 Å². The van der Waals surface area contributed by atoms with Gasteiger partial charge in [-0.3, -0.25) is 9.78 Å². The van der Waals surface area contributed by atoms with E-state index in [0.29, 0.717) is 28.6 Å². The van der Waals surface area contributed by atoms with Crippen molar-refractivity contribution >= 4 is 38.4 Å². The number of nitrogens with zero attached hydrogens (tertiary/aromatic N) is 3. The minimum absolute atomic E-state index is 0.0285. The summed E-state index contributed by atoms with van der Waals surface area (Å²) < 4.78 is 75.1. The van der Waals surface area contributed by atoms with Gasteiger partial charge in [0.15, 0.2) is 0 Å². The number of fused-ring (bicyclic) bond motifs is 1. The third kappa shape index (κ3) is 3.67. The van der Waals surface area contributed by atoms with Gasteiger partial charge in [-0.05, 0) is 61.9 Å². The number of rotatable bonds is 4. The van der Waals surface area contributed by atoms with Crippen molar-refractivity contribution < 1.29 is 35.6 Å². The van der Waals surface area contributed by atoms with Gasteiger partial charge in [0.1, 0.15) is 11.4 Å². The molecular weight excluding hydrogens is 478 g/mol. The van der Waals surface area contributed by atoms with Crippen LogP contribution < -0.4 is 4.90 Å².